The SMILES string of the molecule is CN=C(NCCc1cnn(-c2ccccc2)c1)N1CCSC(C)(C)C1.I. The fraction of sp³-hybridized carbons (Fsp3) is 0.474. The van der Waals surface area contributed by atoms with Crippen molar-refractivity contribution in [3.05, 3.63) is 48.3 Å². The first-order valence-corrected chi connectivity index (χ1v) is 9.74. The third-order valence-corrected chi connectivity index (χ3v) is 5.59. The number of guanidine groups is 1. The van der Waals surface area contributed by atoms with E-state index in [9.17, 15) is 0 Å². The Kier molecular flexibility index (Phi) is 7.82. The highest BCUT2D eigenvalue weighted by molar-refractivity contribution is 14.0. The van der Waals surface area contributed by atoms with E-state index in [4.69, 9.17) is 0 Å². The van der Waals surface area contributed by atoms with Crippen LogP contribution in [0.2, 0.25) is 0 Å². The highest BCUT2D eigenvalue weighted by Crippen LogP contribution is 2.29. The minimum atomic E-state index is 0. The molecule has 0 atom stereocenters. The minimum absolute atomic E-state index is 0. The Morgan fingerprint density at radius 1 is 1.31 bits per heavy atom. The molecular weight excluding hydrogens is 457 g/mol. The Hall–Kier alpha value is -1.22. The molecule has 26 heavy (non-hydrogen) atoms. The van der Waals surface area contributed by atoms with Crippen molar-refractivity contribution in [1.82, 2.24) is 20.0 Å². The van der Waals surface area contributed by atoms with E-state index >= 15 is 0 Å². The summed E-state index contributed by atoms with van der Waals surface area (Å²) in [5, 5.41) is 7.96. The zero-order chi connectivity index (χ0) is 17.7. The lowest BCUT2D eigenvalue weighted by molar-refractivity contribution is 0.376. The van der Waals surface area contributed by atoms with Crippen LogP contribution in [0, 0.1) is 0 Å². The predicted molar refractivity (Wildman–Crippen MR) is 122 cm³/mol. The number of hydrogen-bond donors (Lipinski definition) is 1. The van der Waals surface area contributed by atoms with Crippen molar-refractivity contribution < 1.29 is 0 Å². The maximum atomic E-state index is 4.46. The number of rotatable bonds is 4. The topological polar surface area (TPSA) is 45.5 Å². The van der Waals surface area contributed by atoms with E-state index in [0.717, 1.165) is 43.5 Å². The molecule has 1 fully saturated rings. The first kappa shape index (κ1) is 21.1. The number of aliphatic imine (C=N–C) groups is 1. The molecule has 0 saturated carbocycles. The summed E-state index contributed by atoms with van der Waals surface area (Å²) in [6.07, 6.45) is 4.97. The van der Waals surface area contributed by atoms with Crippen LogP contribution in [-0.4, -0.2) is 57.8 Å². The lowest BCUT2D eigenvalue weighted by Gasteiger charge is -2.39. The maximum Gasteiger partial charge on any atom is 0.193 e. The van der Waals surface area contributed by atoms with Crippen LogP contribution in [-0.2, 0) is 6.42 Å². The Morgan fingerprint density at radius 2 is 2.08 bits per heavy atom. The van der Waals surface area contributed by atoms with Crippen LogP contribution in [0.15, 0.2) is 47.7 Å². The quantitative estimate of drug-likeness (QED) is 0.410. The van der Waals surface area contributed by atoms with Gasteiger partial charge in [0.25, 0.3) is 0 Å². The second-order valence-corrected chi connectivity index (χ2v) is 8.68. The van der Waals surface area contributed by atoms with Crippen LogP contribution in [0.1, 0.15) is 19.4 Å². The maximum absolute atomic E-state index is 4.46. The van der Waals surface area contributed by atoms with Gasteiger partial charge in [-0.2, -0.15) is 16.9 Å². The zero-order valence-corrected chi connectivity index (χ0v) is 18.8. The van der Waals surface area contributed by atoms with Gasteiger partial charge in [-0.25, -0.2) is 4.68 Å². The van der Waals surface area contributed by atoms with E-state index in [1.165, 1.54) is 5.56 Å². The molecule has 1 aromatic heterocycles. The van der Waals surface area contributed by atoms with Gasteiger partial charge >= 0.3 is 0 Å². The molecule has 0 radical (unpaired) electrons. The molecule has 0 bridgehead atoms. The van der Waals surface area contributed by atoms with Gasteiger partial charge in [-0.15, -0.1) is 24.0 Å². The molecule has 0 amide bonds. The minimum Gasteiger partial charge on any atom is -0.356 e. The van der Waals surface area contributed by atoms with Crippen molar-refractivity contribution in [2.75, 3.05) is 32.4 Å². The number of thioether (sulfide) groups is 1. The van der Waals surface area contributed by atoms with Gasteiger partial charge in [-0.05, 0) is 38.0 Å². The zero-order valence-electron chi connectivity index (χ0n) is 15.7. The van der Waals surface area contributed by atoms with Crippen LogP contribution < -0.4 is 5.32 Å². The Balaban J connectivity index is 0.00000243. The highest BCUT2D eigenvalue weighted by Gasteiger charge is 2.28. The first-order valence-electron chi connectivity index (χ1n) is 8.76. The summed E-state index contributed by atoms with van der Waals surface area (Å²) in [6.45, 7) is 7.55. The molecule has 7 heteroatoms. The molecule has 0 unspecified atom stereocenters. The van der Waals surface area contributed by atoms with Crippen LogP contribution >= 0.6 is 35.7 Å². The molecule has 1 saturated heterocycles. The van der Waals surface area contributed by atoms with Gasteiger partial charge in [0.15, 0.2) is 5.96 Å². The number of para-hydroxylation sites is 1. The van der Waals surface area contributed by atoms with E-state index in [0.29, 0.717) is 0 Å². The van der Waals surface area contributed by atoms with Crippen LogP contribution in [0.4, 0.5) is 0 Å². The van der Waals surface area contributed by atoms with Gasteiger partial charge in [0.05, 0.1) is 11.9 Å². The summed E-state index contributed by atoms with van der Waals surface area (Å²) in [5.41, 5.74) is 2.31. The lowest BCUT2D eigenvalue weighted by Crippen LogP contribution is -2.51. The second-order valence-electron chi connectivity index (χ2n) is 6.88. The molecule has 1 aliphatic heterocycles. The Morgan fingerprint density at radius 3 is 2.77 bits per heavy atom. The molecule has 142 valence electrons. The van der Waals surface area contributed by atoms with Crippen LogP contribution in [0.25, 0.3) is 5.69 Å². The second kappa shape index (κ2) is 9.64. The van der Waals surface area contributed by atoms with Crippen LogP contribution in [0.5, 0.6) is 0 Å². The monoisotopic (exact) mass is 485 g/mol. The number of hydrogen-bond acceptors (Lipinski definition) is 3. The highest BCUT2D eigenvalue weighted by atomic mass is 127. The number of benzene rings is 1. The summed E-state index contributed by atoms with van der Waals surface area (Å²) in [7, 11) is 1.87. The van der Waals surface area contributed by atoms with Crippen molar-refractivity contribution in [3.63, 3.8) is 0 Å². The van der Waals surface area contributed by atoms with Gasteiger partial charge in [0.2, 0.25) is 0 Å². The fourth-order valence-electron chi connectivity index (χ4n) is 3.06. The summed E-state index contributed by atoms with van der Waals surface area (Å²) < 4.78 is 2.21. The number of nitrogens with one attached hydrogen (secondary N) is 1. The van der Waals surface area contributed by atoms with Crippen molar-refractivity contribution in [2.24, 2.45) is 4.99 Å². The van der Waals surface area contributed by atoms with Gasteiger partial charge in [0.1, 0.15) is 0 Å². The standard InChI is InChI=1S/C19H27N5S.HI/c1-19(2)15-23(11-12-25-19)18(20-3)21-10-9-16-13-22-24(14-16)17-7-5-4-6-8-17;/h4-8,13-14H,9-12,15H2,1-3H3,(H,20,21);1H. The molecule has 2 aromatic rings. The van der Waals surface area contributed by atoms with Gasteiger partial charge in [0, 0.05) is 43.4 Å². The third kappa shape index (κ3) is 5.64. The van der Waals surface area contributed by atoms with Crippen molar-refractivity contribution in [1.29, 1.82) is 0 Å². The summed E-state index contributed by atoms with van der Waals surface area (Å²) in [5.74, 6) is 2.15. The van der Waals surface area contributed by atoms with Crippen LogP contribution in [0.3, 0.4) is 0 Å². The molecule has 1 N–H and O–H groups in total. The Labute approximate surface area is 177 Å². The first-order chi connectivity index (χ1) is 12.1. The fourth-order valence-corrected chi connectivity index (χ4v) is 4.17. The molecule has 1 aliphatic rings. The number of halogens is 1. The van der Waals surface area contributed by atoms with E-state index in [1.54, 1.807) is 0 Å². The van der Waals surface area contributed by atoms with Crippen molar-refractivity contribution >= 4 is 41.7 Å². The van der Waals surface area contributed by atoms with E-state index in [2.05, 4.69) is 52.5 Å². The van der Waals surface area contributed by atoms with Gasteiger partial charge < -0.3 is 10.2 Å². The molecule has 3 rings (SSSR count). The predicted octanol–water partition coefficient (Wildman–Crippen LogP) is 3.44. The van der Waals surface area contributed by atoms with E-state index in [1.807, 2.05) is 47.9 Å². The number of aromatic nitrogens is 2. The molecule has 2 heterocycles. The average Bonchev–Trinajstić information content (AvgIpc) is 3.07. The van der Waals surface area contributed by atoms with E-state index < -0.39 is 0 Å². The summed E-state index contributed by atoms with van der Waals surface area (Å²) in [6, 6.07) is 10.2. The largest absolute Gasteiger partial charge is 0.356 e. The van der Waals surface area contributed by atoms with Crippen molar-refractivity contribution in [3.8, 4) is 5.69 Å². The van der Waals surface area contributed by atoms with E-state index in [-0.39, 0.29) is 28.7 Å². The third-order valence-electron chi connectivity index (χ3n) is 4.29. The molecule has 1 aromatic carbocycles. The normalized spacial score (nSPS) is 16.9. The smallest absolute Gasteiger partial charge is 0.193 e. The van der Waals surface area contributed by atoms with Gasteiger partial charge in [-0.1, -0.05) is 18.2 Å². The number of nitrogens with zero attached hydrogens (tertiary/aromatic N) is 4. The lowest BCUT2D eigenvalue weighted by atomic mass is 10.2. The van der Waals surface area contributed by atoms with Gasteiger partial charge in [-0.3, -0.25) is 4.99 Å². The summed E-state index contributed by atoms with van der Waals surface area (Å²) >= 11 is 2.04. The molecule has 0 spiro atoms. The van der Waals surface area contributed by atoms with Crippen molar-refractivity contribution in [2.45, 2.75) is 25.0 Å². The Bertz CT molecular complexity index is 714. The molecule has 5 nitrogen and oxygen atoms in total. The molecule has 0 aliphatic carbocycles. The molecular formula is C19H28IN5S. The summed E-state index contributed by atoms with van der Waals surface area (Å²) in [4.78, 5) is 6.83. The average molecular weight is 485 g/mol.